The van der Waals surface area contributed by atoms with Gasteiger partial charge in [0.25, 0.3) is 0 Å². The van der Waals surface area contributed by atoms with Gasteiger partial charge >= 0.3 is 0 Å². The van der Waals surface area contributed by atoms with Crippen molar-refractivity contribution in [1.29, 1.82) is 0 Å². The minimum absolute atomic E-state index is 0.210. The molecule has 0 saturated heterocycles. The second kappa shape index (κ2) is 20.3. The molecule has 4 heterocycles. The first-order valence-corrected chi connectivity index (χ1v) is 28.4. The Hall–Kier alpha value is -8.72. The molecule has 0 saturated carbocycles. The van der Waals surface area contributed by atoms with Gasteiger partial charge in [0, 0.05) is 37.1 Å². The predicted molar refractivity (Wildman–Crippen MR) is 328 cm³/mol. The zero-order valence-corrected chi connectivity index (χ0v) is 45.4. The number of rotatable bonds is 13. The molecule has 3 aromatic heterocycles. The van der Waals surface area contributed by atoms with Crippen LogP contribution < -0.4 is 8.97 Å². The standard InChI is InChI=1S/C76H66N2/c1-5-8-23-53-24-21-30-57(42-53)63-44-61(54-25-11-9-12-26-54)46-65(48-63)66-47-62(55-27-13-10-14-28-55)45-64(49-66)59-32-22-31-58(43-59)60-37-38-72-71(50-60)73-36-19-20-40-78(73)75(4,6-2)76(72,7-3)51-67-52-77-41-39-56-29-15-16-34-69(56)74(77)70-35-18-17-33-68(67)70/h9-22,24-50,52H,5-8,23,51H2,1-4H3/q+2. The molecule has 0 spiro atoms. The van der Waals surface area contributed by atoms with E-state index in [0.29, 0.717) is 0 Å². The SMILES string of the molecule is CCCCc1cccc(-c2cc(-c3ccccc3)cc(-c3cc(-c4ccccc4)cc(-c4cccc(-c5ccc6c(c5)-c5cccc[n+]5C(C)(CC)C6(CC)Cc5c[n+]6ccc7ccccc7c6c6ccccc56)c4)c3)c2)c1. The van der Waals surface area contributed by atoms with Crippen LogP contribution in [0, 0.1) is 0 Å². The third-order valence-electron chi connectivity index (χ3n) is 17.8. The van der Waals surface area contributed by atoms with E-state index in [-0.39, 0.29) is 11.0 Å². The molecule has 1 aliphatic rings. The summed E-state index contributed by atoms with van der Waals surface area (Å²) in [7, 11) is 0. The fourth-order valence-electron chi connectivity index (χ4n) is 13.4. The minimum Gasteiger partial charge on any atom is -0.192 e. The van der Waals surface area contributed by atoms with Crippen LogP contribution >= 0.6 is 0 Å². The van der Waals surface area contributed by atoms with Crippen LogP contribution in [0.4, 0.5) is 0 Å². The van der Waals surface area contributed by atoms with Gasteiger partial charge in [-0.15, -0.1) is 0 Å². The second-order valence-electron chi connectivity index (χ2n) is 22.0. The number of aryl methyl sites for hydroxylation is 1. The Morgan fingerprint density at radius 2 is 0.923 bits per heavy atom. The maximum atomic E-state index is 2.63. The van der Waals surface area contributed by atoms with Crippen molar-refractivity contribution in [2.24, 2.45) is 0 Å². The lowest BCUT2D eigenvalue weighted by Gasteiger charge is -2.48. The number of unbranched alkanes of at least 4 members (excludes halogenated alkanes) is 1. The van der Waals surface area contributed by atoms with Crippen molar-refractivity contribution in [3.05, 3.63) is 272 Å². The second-order valence-corrected chi connectivity index (χ2v) is 22.0. The van der Waals surface area contributed by atoms with Crippen LogP contribution in [0.1, 0.15) is 70.1 Å². The monoisotopic (exact) mass is 1010 g/mol. The molecule has 78 heavy (non-hydrogen) atoms. The smallest absolute Gasteiger partial charge is 0.192 e. The number of hydrogen-bond donors (Lipinski definition) is 0. The molecule has 2 unspecified atom stereocenters. The third-order valence-corrected chi connectivity index (χ3v) is 17.8. The molecule has 2 atom stereocenters. The Morgan fingerprint density at radius 1 is 0.397 bits per heavy atom. The lowest BCUT2D eigenvalue weighted by Crippen LogP contribution is -2.69. The van der Waals surface area contributed by atoms with Crippen LogP contribution in [0.3, 0.4) is 0 Å². The van der Waals surface area contributed by atoms with Crippen LogP contribution in [0.15, 0.2) is 255 Å². The minimum atomic E-state index is -0.228. The predicted octanol–water partition coefficient (Wildman–Crippen LogP) is 19.1. The number of fused-ring (bicyclic) bond motifs is 8. The van der Waals surface area contributed by atoms with E-state index in [2.05, 4.69) is 292 Å². The number of hydrogen-bond acceptors (Lipinski definition) is 0. The van der Waals surface area contributed by atoms with Gasteiger partial charge in [-0.1, -0.05) is 179 Å². The average molecular weight is 1010 g/mol. The number of aromatic nitrogens is 2. The summed E-state index contributed by atoms with van der Waals surface area (Å²) in [5, 5.41) is 5.17. The Morgan fingerprint density at radius 3 is 1.58 bits per heavy atom. The van der Waals surface area contributed by atoms with Crippen molar-refractivity contribution in [2.45, 2.75) is 77.2 Å². The Labute approximate surface area is 460 Å². The van der Waals surface area contributed by atoms with E-state index < -0.39 is 0 Å². The summed E-state index contributed by atoms with van der Waals surface area (Å²) < 4.78 is 5.01. The molecular formula is C76H66N2+2. The van der Waals surface area contributed by atoms with Gasteiger partial charge in [-0.25, -0.2) is 0 Å². The Balaban J connectivity index is 0.942. The van der Waals surface area contributed by atoms with Gasteiger partial charge in [0.2, 0.25) is 11.2 Å². The van der Waals surface area contributed by atoms with Gasteiger partial charge in [0.05, 0.1) is 21.8 Å². The van der Waals surface area contributed by atoms with E-state index in [4.69, 9.17) is 0 Å². The zero-order chi connectivity index (χ0) is 52.8. The average Bonchev–Trinajstić information content (AvgIpc) is 3.66. The maximum absolute atomic E-state index is 2.63. The first kappa shape index (κ1) is 48.9. The highest BCUT2D eigenvalue weighted by molar-refractivity contribution is 6.08. The first-order chi connectivity index (χ1) is 38.3. The van der Waals surface area contributed by atoms with Crippen molar-refractivity contribution in [2.75, 3.05) is 0 Å². The molecule has 0 radical (unpaired) electrons. The number of nitrogens with zero attached hydrogens (tertiary/aromatic N) is 2. The van der Waals surface area contributed by atoms with E-state index in [1.54, 1.807) is 0 Å². The molecule has 0 N–H and O–H groups in total. The van der Waals surface area contributed by atoms with E-state index in [1.807, 2.05) is 0 Å². The van der Waals surface area contributed by atoms with Crippen LogP contribution in [-0.2, 0) is 23.8 Å². The van der Waals surface area contributed by atoms with E-state index in [9.17, 15) is 0 Å². The summed E-state index contributed by atoms with van der Waals surface area (Å²) in [6.45, 7) is 9.61. The van der Waals surface area contributed by atoms with Gasteiger partial charge in [-0.2, -0.15) is 8.97 Å². The van der Waals surface area contributed by atoms with E-state index in [1.165, 1.54) is 135 Å². The van der Waals surface area contributed by atoms with Crippen molar-refractivity contribution < 1.29 is 8.97 Å². The molecule has 9 aromatic carbocycles. The largest absolute Gasteiger partial charge is 0.226 e. The van der Waals surface area contributed by atoms with Gasteiger partial charge in [0.15, 0.2) is 24.1 Å². The summed E-state index contributed by atoms with van der Waals surface area (Å²) in [6, 6.07) is 88.9. The van der Waals surface area contributed by atoms with Gasteiger partial charge < -0.3 is 0 Å². The highest BCUT2D eigenvalue weighted by Crippen LogP contribution is 2.53. The quantitative estimate of drug-likeness (QED) is 0.0803. The topological polar surface area (TPSA) is 7.98 Å². The Bertz CT molecular complexity index is 4210. The highest BCUT2D eigenvalue weighted by atomic mass is 15.1. The van der Waals surface area contributed by atoms with Gasteiger partial charge in [-0.3, -0.25) is 0 Å². The lowest BCUT2D eigenvalue weighted by molar-refractivity contribution is -0.765. The molecule has 0 aliphatic carbocycles. The van der Waals surface area contributed by atoms with Crippen LogP contribution in [-0.4, -0.2) is 0 Å². The van der Waals surface area contributed by atoms with Crippen LogP contribution in [0.2, 0.25) is 0 Å². The summed E-state index contributed by atoms with van der Waals surface area (Å²) in [4.78, 5) is 0. The van der Waals surface area contributed by atoms with Crippen LogP contribution in [0.25, 0.3) is 105 Å². The molecule has 2 heteroatoms. The molecule has 12 aromatic rings. The molecule has 0 fully saturated rings. The fourth-order valence-corrected chi connectivity index (χ4v) is 13.4. The first-order valence-electron chi connectivity index (χ1n) is 28.4. The van der Waals surface area contributed by atoms with Crippen molar-refractivity contribution in [1.82, 2.24) is 0 Å². The molecule has 378 valence electrons. The third kappa shape index (κ3) is 8.52. The van der Waals surface area contributed by atoms with Crippen molar-refractivity contribution in [3.8, 4) is 78.0 Å². The summed E-state index contributed by atoms with van der Waals surface area (Å²) >= 11 is 0. The molecule has 0 amide bonds. The van der Waals surface area contributed by atoms with E-state index >= 15 is 0 Å². The van der Waals surface area contributed by atoms with Gasteiger partial charge in [-0.05, 0) is 181 Å². The number of benzene rings is 9. The molecule has 2 nitrogen and oxygen atoms in total. The van der Waals surface area contributed by atoms with Crippen molar-refractivity contribution in [3.63, 3.8) is 0 Å². The maximum Gasteiger partial charge on any atom is 0.226 e. The molecular weight excluding hydrogens is 941 g/mol. The summed E-state index contributed by atoms with van der Waals surface area (Å²) in [6.07, 6.45) is 13.4. The molecule has 0 bridgehead atoms. The van der Waals surface area contributed by atoms with Crippen LogP contribution in [0.5, 0.6) is 0 Å². The van der Waals surface area contributed by atoms with Crippen molar-refractivity contribution >= 4 is 27.1 Å². The lowest BCUT2D eigenvalue weighted by atomic mass is 9.57. The summed E-state index contributed by atoms with van der Waals surface area (Å²) in [5.74, 6) is 0. The molecule has 1 aliphatic heterocycles. The summed E-state index contributed by atoms with van der Waals surface area (Å²) in [5.41, 5.74) is 22.1. The fraction of sp³-hybridized carbons (Fsp3) is 0.158. The highest BCUT2D eigenvalue weighted by Gasteiger charge is 2.59. The normalized spacial score (nSPS) is 15.8. The van der Waals surface area contributed by atoms with Gasteiger partial charge in [0.1, 0.15) is 0 Å². The van der Waals surface area contributed by atoms with E-state index in [0.717, 1.165) is 25.7 Å². The number of pyridine rings is 3. The zero-order valence-electron chi connectivity index (χ0n) is 45.4. The Kier molecular flexibility index (Phi) is 12.7. The molecule has 13 rings (SSSR count).